The molecule has 2 heterocycles. The first-order valence-electron chi connectivity index (χ1n) is 11.7. The second-order valence-corrected chi connectivity index (χ2v) is 10.5. The Labute approximate surface area is 226 Å². The normalized spacial score (nSPS) is 15.4. The minimum absolute atomic E-state index is 0.0861. The molecule has 10 heteroatoms. The minimum Gasteiger partial charge on any atom is -0.504 e. The zero-order valence-electron chi connectivity index (χ0n) is 21.1. The second-order valence-electron chi connectivity index (χ2n) is 8.58. The van der Waals surface area contributed by atoms with E-state index >= 15 is 0 Å². The molecule has 0 fully saturated rings. The maximum Gasteiger partial charge on any atom is 0.338 e. The molecular weight excluding hydrogens is 560 g/mol. The average Bonchev–Trinajstić information content (AvgIpc) is 3.14. The lowest BCUT2D eigenvalue weighted by atomic mass is 9.96. The number of halogens is 1. The highest BCUT2D eigenvalue weighted by Crippen LogP contribution is 2.34. The molecule has 2 aromatic carbocycles. The lowest BCUT2D eigenvalue weighted by molar-refractivity contribution is -0.143. The molecule has 37 heavy (non-hydrogen) atoms. The molecule has 3 aromatic rings. The van der Waals surface area contributed by atoms with E-state index in [-0.39, 0.29) is 23.2 Å². The number of hydrogen-bond acceptors (Lipinski definition) is 8. The van der Waals surface area contributed by atoms with Crippen molar-refractivity contribution in [1.82, 2.24) is 4.57 Å². The highest BCUT2D eigenvalue weighted by Gasteiger charge is 2.33. The van der Waals surface area contributed by atoms with Crippen molar-refractivity contribution < 1.29 is 24.1 Å². The van der Waals surface area contributed by atoms with Crippen molar-refractivity contribution >= 4 is 39.3 Å². The van der Waals surface area contributed by atoms with Crippen LogP contribution in [0.3, 0.4) is 0 Å². The van der Waals surface area contributed by atoms with Crippen LogP contribution in [0.5, 0.6) is 17.2 Å². The Bertz CT molecular complexity index is 1550. The number of ether oxygens (including phenoxy) is 3. The summed E-state index contributed by atoms with van der Waals surface area (Å²) >= 11 is 4.58. The number of methoxy groups -OCH3 is 1. The summed E-state index contributed by atoms with van der Waals surface area (Å²) in [4.78, 5) is 32.0. The first kappa shape index (κ1) is 26.7. The number of benzene rings is 2. The lowest BCUT2D eigenvalue weighted by Gasteiger charge is -2.25. The molecule has 0 radical (unpaired) electrons. The van der Waals surface area contributed by atoms with Gasteiger partial charge in [0.05, 0.1) is 41.7 Å². The smallest absolute Gasteiger partial charge is 0.338 e. The molecular formula is C27H27BrN2O6S. The van der Waals surface area contributed by atoms with Crippen LogP contribution < -0.4 is 24.4 Å². The van der Waals surface area contributed by atoms with Gasteiger partial charge in [-0.2, -0.15) is 0 Å². The number of rotatable bonds is 7. The molecule has 0 spiro atoms. The van der Waals surface area contributed by atoms with Crippen LogP contribution in [0.1, 0.15) is 44.9 Å². The highest BCUT2D eigenvalue weighted by atomic mass is 79.9. The summed E-state index contributed by atoms with van der Waals surface area (Å²) in [7, 11) is 1.45. The molecule has 1 atom stereocenters. The maximum atomic E-state index is 13.8. The average molecular weight is 587 g/mol. The van der Waals surface area contributed by atoms with E-state index in [9.17, 15) is 14.7 Å². The van der Waals surface area contributed by atoms with Crippen LogP contribution in [0.25, 0.3) is 6.08 Å². The summed E-state index contributed by atoms with van der Waals surface area (Å²) in [6.45, 7) is 7.70. The predicted octanol–water partition coefficient (Wildman–Crippen LogP) is 4.06. The zero-order chi connectivity index (χ0) is 26.9. The van der Waals surface area contributed by atoms with Crippen LogP contribution in [0.4, 0.5) is 0 Å². The summed E-state index contributed by atoms with van der Waals surface area (Å²) in [6, 6.07) is 9.86. The first-order valence-corrected chi connectivity index (χ1v) is 13.3. The van der Waals surface area contributed by atoms with Crippen LogP contribution in [0.15, 0.2) is 61.9 Å². The molecule has 0 saturated heterocycles. The Morgan fingerprint density at radius 1 is 1.27 bits per heavy atom. The van der Waals surface area contributed by atoms with Gasteiger partial charge in [0.15, 0.2) is 16.3 Å². The molecule has 0 amide bonds. The van der Waals surface area contributed by atoms with Crippen LogP contribution >= 0.6 is 27.3 Å². The number of carbonyl (C=O) groups excluding carboxylic acids is 1. The third-order valence-corrected chi connectivity index (χ3v) is 7.11. The molecule has 8 nitrogen and oxygen atoms in total. The fourth-order valence-corrected chi connectivity index (χ4v) is 5.58. The number of carbonyl (C=O) groups is 1. The standard InChI is InChI=1S/C27H27BrN2O6S/c1-6-35-19-9-7-16(8-10-19)23-22(26(33)36-14(2)3)15(4)29-27-30(23)25(32)21(37-27)12-17-11-18(28)13-20(34-5)24(17)31/h7-14,23,31H,6H2,1-5H3/b21-12+/t23-/m1/s1. The number of phenolic OH excluding ortho intramolecular Hbond substituents is 1. The van der Waals surface area contributed by atoms with E-state index in [0.29, 0.717) is 48.6 Å². The van der Waals surface area contributed by atoms with Crippen LogP contribution in [0.2, 0.25) is 0 Å². The van der Waals surface area contributed by atoms with Gasteiger partial charge < -0.3 is 19.3 Å². The molecule has 194 valence electrons. The number of aromatic nitrogens is 1. The largest absolute Gasteiger partial charge is 0.504 e. The number of esters is 1. The van der Waals surface area contributed by atoms with Gasteiger partial charge in [0.2, 0.25) is 0 Å². The van der Waals surface area contributed by atoms with E-state index in [1.165, 1.54) is 23.0 Å². The van der Waals surface area contributed by atoms with Gasteiger partial charge in [-0.3, -0.25) is 9.36 Å². The van der Waals surface area contributed by atoms with Crippen molar-refractivity contribution in [3.63, 3.8) is 0 Å². The number of hydrogen-bond donors (Lipinski definition) is 1. The van der Waals surface area contributed by atoms with E-state index in [1.807, 2.05) is 19.1 Å². The van der Waals surface area contributed by atoms with Crippen molar-refractivity contribution in [2.24, 2.45) is 4.99 Å². The Morgan fingerprint density at radius 2 is 1.97 bits per heavy atom. The summed E-state index contributed by atoms with van der Waals surface area (Å²) in [5.41, 5.74) is 1.55. The topological polar surface area (TPSA) is 99.4 Å². The lowest BCUT2D eigenvalue weighted by Crippen LogP contribution is -2.40. The molecule has 0 bridgehead atoms. The Kier molecular flexibility index (Phi) is 7.89. The SMILES string of the molecule is CCOc1ccc([C@@H]2C(C(=O)OC(C)C)=C(C)N=c3s/c(=C/c4cc(Br)cc(OC)c4O)c(=O)n32)cc1. The van der Waals surface area contributed by atoms with Crippen LogP contribution in [-0.2, 0) is 9.53 Å². The van der Waals surface area contributed by atoms with E-state index in [2.05, 4.69) is 20.9 Å². The van der Waals surface area contributed by atoms with Crippen LogP contribution in [-0.4, -0.2) is 35.5 Å². The van der Waals surface area contributed by atoms with E-state index in [4.69, 9.17) is 14.2 Å². The number of fused-ring (bicyclic) bond motifs is 1. The van der Waals surface area contributed by atoms with E-state index in [1.54, 1.807) is 51.1 Å². The molecule has 1 aliphatic heterocycles. The summed E-state index contributed by atoms with van der Waals surface area (Å²) in [5.74, 6) is 0.343. The van der Waals surface area contributed by atoms with Crippen molar-refractivity contribution in [1.29, 1.82) is 0 Å². The van der Waals surface area contributed by atoms with Gasteiger partial charge in [0.1, 0.15) is 5.75 Å². The quantitative estimate of drug-likeness (QED) is 0.419. The Balaban J connectivity index is 1.94. The first-order chi connectivity index (χ1) is 17.6. The van der Waals surface area contributed by atoms with Crippen molar-refractivity contribution in [2.75, 3.05) is 13.7 Å². The molecule has 0 saturated carbocycles. The van der Waals surface area contributed by atoms with Gasteiger partial charge in [0.25, 0.3) is 5.56 Å². The molecule has 0 aliphatic carbocycles. The molecule has 4 rings (SSSR count). The van der Waals surface area contributed by atoms with Crippen LogP contribution in [0, 0.1) is 0 Å². The summed E-state index contributed by atoms with van der Waals surface area (Å²) < 4.78 is 18.9. The number of aromatic hydroxyl groups is 1. The fraction of sp³-hybridized carbons (Fsp3) is 0.296. The van der Waals surface area contributed by atoms with Gasteiger partial charge in [-0.05, 0) is 63.6 Å². The van der Waals surface area contributed by atoms with Gasteiger partial charge in [-0.25, -0.2) is 9.79 Å². The van der Waals surface area contributed by atoms with Crippen molar-refractivity contribution in [3.05, 3.63) is 83.0 Å². The van der Waals surface area contributed by atoms with Crippen molar-refractivity contribution in [2.45, 2.75) is 39.8 Å². The van der Waals surface area contributed by atoms with Gasteiger partial charge >= 0.3 is 5.97 Å². The monoisotopic (exact) mass is 586 g/mol. The third-order valence-electron chi connectivity index (χ3n) is 5.67. The second kappa shape index (κ2) is 10.9. The molecule has 0 unspecified atom stereocenters. The number of phenols is 1. The van der Waals surface area contributed by atoms with E-state index < -0.39 is 12.0 Å². The number of thiazole rings is 1. The minimum atomic E-state index is -0.744. The Morgan fingerprint density at radius 3 is 2.59 bits per heavy atom. The Hall–Kier alpha value is -3.37. The zero-order valence-corrected chi connectivity index (χ0v) is 23.5. The van der Waals surface area contributed by atoms with Gasteiger partial charge in [-0.15, -0.1) is 0 Å². The third kappa shape index (κ3) is 5.35. The van der Waals surface area contributed by atoms with E-state index in [0.717, 1.165) is 0 Å². The highest BCUT2D eigenvalue weighted by molar-refractivity contribution is 9.10. The molecule has 1 N–H and O–H groups in total. The predicted molar refractivity (Wildman–Crippen MR) is 145 cm³/mol. The molecule has 1 aromatic heterocycles. The van der Waals surface area contributed by atoms with Gasteiger partial charge in [0, 0.05) is 10.0 Å². The molecule has 1 aliphatic rings. The number of nitrogens with zero attached hydrogens (tertiary/aromatic N) is 2. The summed E-state index contributed by atoms with van der Waals surface area (Å²) in [5, 5.41) is 10.6. The maximum absolute atomic E-state index is 13.8. The van der Waals surface area contributed by atoms with Crippen molar-refractivity contribution in [3.8, 4) is 17.2 Å². The van der Waals surface area contributed by atoms with Gasteiger partial charge in [-0.1, -0.05) is 39.4 Å². The number of allylic oxidation sites excluding steroid dienone is 1. The fourth-order valence-electron chi connectivity index (χ4n) is 4.09. The summed E-state index contributed by atoms with van der Waals surface area (Å²) in [6.07, 6.45) is 1.25.